The summed E-state index contributed by atoms with van der Waals surface area (Å²) >= 11 is 3.61. The number of hydrogen-bond acceptors (Lipinski definition) is 6. The van der Waals surface area contributed by atoms with E-state index >= 15 is 0 Å². The number of aromatic nitrogens is 3. The molecule has 0 unspecified atom stereocenters. The Morgan fingerprint density at radius 1 is 0.422 bits per heavy atom. The Kier molecular flexibility index (Phi) is 6.14. The first-order valence-corrected chi connectivity index (χ1v) is 16.4. The molecule has 0 atom stereocenters. The lowest BCUT2D eigenvalue weighted by Gasteiger charge is -2.24. The molecule has 0 radical (unpaired) electrons. The van der Waals surface area contributed by atoms with Crippen LogP contribution in [0.3, 0.4) is 0 Å². The highest BCUT2D eigenvalue weighted by Gasteiger charge is 2.22. The summed E-state index contributed by atoms with van der Waals surface area (Å²) in [5.41, 5.74) is 3.92. The van der Waals surface area contributed by atoms with Gasteiger partial charge in [0.2, 0.25) is 5.95 Å². The first-order valence-electron chi connectivity index (χ1n) is 14.8. The van der Waals surface area contributed by atoms with Gasteiger partial charge in [0.1, 0.15) is 0 Å². The fourth-order valence-corrected chi connectivity index (χ4v) is 8.32. The lowest BCUT2D eigenvalue weighted by molar-refractivity contribution is 1.03. The molecule has 45 heavy (non-hydrogen) atoms. The molecule has 0 bridgehead atoms. The van der Waals surface area contributed by atoms with E-state index in [9.17, 15) is 0 Å². The third-order valence-electron chi connectivity index (χ3n) is 8.13. The summed E-state index contributed by atoms with van der Waals surface area (Å²) in [7, 11) is 0. The Bertz CT molecular complexity index is 2500. The molecule has 0 amide bonds. The number of benzene rings is 6. The molecule has 0 spiro atoms. The molecule has 6 aromatic carbocycles. The lowest BCUT2D eigenvalue weighted by atomic mass is 10.1. The van der Waals surface area contributed by atoms with Gasteiger partial charge < -0.3 is 0 Å². The summed E-state index contributed by atoms with van der Waals surface area (Å²) in [6.07, 6.45) is 0. The van der Waals surface area contributed by atoms with Crippen LogP contribution in [0.5, 0.6) is 0 Å². The van der Waals surface area contributed by atoms with Gasteiger partial charge in [-0.15, -0.1) is 22.7 Å². The fourth-order valence-electron chi connectivity index (χ4n) is 6.02. The van der Waals surface area contributed by atoms with Crippen LogP contribution in [0.4, 0.5) is 17.3 Å². The average molecular weight is 613 g/mol. The molecule has 0 aliphatic carbocycles. The van der Waals surface area contributed by atoms with Crippen LogP contribution >= 0.6 is 22.7 Å². The van der Waals surface area contributed by atoms with Crippen molar-refractivity contribution in [3.8, 4) is 22.8 Å². The Morgan fingerprint density at radius 2 is 1.02 bits per heavy atom. The van der Waals surface area contributed by atoms with E-state index in [1.165, 1.54) is 40.3 Å². The molecule has 212 valence electrons. The standard InChI is InChI=1S/C39H24N4S2/c1-3-12-25(13-4-1)37-40-38(26-22-23-35-31(24-26)29-17-8-9-20-33(29)44-35)42-39(41-37)43(27-14-5-2-6-15-27)32-19-11-18-30-28-16-7-10-21-34(28)45-36(30)32/h1-24H. The molecule has 9 rings (SSSR count). The van der Waals surface area contributed by atoms with Gasteiger partial charge in [0.15, 0.2) is 11.6 Å². The summed E-state index contributed by atoms with van der Waals surface area (Å²) in [5.74, 6) is 1.85. The fraction of sp³-hybridized carbons (Fsp3) is 0. The minimum atomic E-state index is 0.574. The maximum atomic E-state index is 5.23. The van der Waals surface area contributed by atoms with E-state index in [0.717, 1.165) is 22.5 Å². The van der Waals surface area contributed by atoms with Gasteiger partial charge >= 0.3 is 0 Å². The minimum Gasteiger partial charge on any atom is -0.278 e. The van der Waals surface area contributed by atoms with Crippen LogP contribution in [0.2, 0.25) is 0 Å². The molecule has 0 N–H and O–H groups in total. The molecule has 4 nitrogen and oxygen atoms in total. The smallest absolute Gasteiger partial charge is 0.238 e. The molecular weight excluding hydrogens is 589 g/mol. The van der Waals surface area contributed by atoms with E-state index in [4.69, 9.17) is 15.0 Å². The van der Waals surface area contributed by atoms with E-state index in [1.54, 1.807) is 11.3 Å². The second-order valence-corrected chi connectivity index (χ2v) is 13.0. The number of nitrogens with zero attached hydrogens (tertiary/aromatic N) is 4. The van der Waals surface area contributed by atoms with Crippen molar-refractivity contribution in [2.75, 3.05) is 4.90 Å². The number of rotatable bonds is 5. The van der Waals surface area contributed by atoms with Crippen molar-refractivity contribution in [1.82, 2.24) is 15.0 Å². The molecule has 0 saturated carbocycles. The summed E-state index contributed by atoms with van der Waals surface area (Å²) in [6.45, 7) is 0. The third-order valence-corrected chi connectivity index (χ3v) is 10.5. The first-order chi connectivity index (χ1) is 22.3. The Hall–Kier alpha value is -5.43. The molecule has 3 heterocycles. The number of fused-ring (bicyclic) bond motifs is 6. The van der Waals surface area contributed by atoms with Crippen molar-refractivity contribution in [2.24, 2.45) is 0 Å². The van der Waals surface area contributed by atoms with Crippen LogP contribution in [0.15, 0.2) is 146 Å². The summed E-state index contributed by atoms with van der Waals surface area (Å²) in [4.78, 5) is 17.6. The molecule has 0 fully saturated rings. The summed E-state index contributed by atoms with van der Waals surface area (Å²) < 4.78 is 4.97. The zero-order chi connectivity index (χ0) is 29.7. The van der Waals surface area contributed by atoms with E-state index in [1.807, 2.05) is 35.6 Å². The Morgan fingerprint density at radius 3 is 1.80 bits per heavy atom. The molecule has 0 saturated heterocycles. The van der Waals surface area contributed by atoms with Crippen LogP contribution in [0.25, 0.3) is 63.1 Å². The highest BCUT2D eigenvalue weighted by molar-refractivity contribution is 7.26. The van der Waals surface area contributed by atoms with Gasteiger partial charge in [0.05, 0.1) is 10.4 Å². The minimum absolute atomic E-state index is 0.574. The third kappa shape index (κ3) is 4.46. The van der Waals surface area contributed by atoms with Gasteiger partial charge in [0, 0.05) is 52.5 Å². The van der Waals surface area contributed by atoms with Gasteiger partial charge in [0.25, 0.3) is 0 Å². The van der Waals surface area contributed by atoms with Crippen LogP contribution in [0.1, 0.15) is 0 Å². The van der Waals surface area contributed by atoms with E-state index in [2.05, 4.69) is 126 Å². The van der Waals surface area contributed by atoms with Crippen LogP contribution in [-0.2, 0) is 0 Å². The van der Waals surface area contributed by atoms with Crippen molar-refractivity contribution in [2.45, 2.75) is 0 Å². The monoisotopic (exact) mass is 612 g/mol. The second-order valence-electron chi connectivity index (χ2n) is 10.9. The normalized spacial score (nSPS) is 11.6. The van der Waals surface area contributed by atoms with Gasteiger partial charge in [-0.05, 0) is 48.5 Å². The molecule has 9 aromatic rings. The number of hydrogen-bond donors (Lipinski definition) is 0. The van der Waals surface area contributed by atoms with Crippen molar-refractivity contribution >= 4 is 80.3 Å². The lowest BCUT2D eigenvalue weighted by Crippen LogP contribution is -2.15. The van der Waals surface area contributed by atoms with Gasteiger partial charge in [-0.2, -0.15) is 9.97 Å². The Balaban J connectivity index is 1.31. The van der Waals surface area contributed by atoms with Crippen molar-refractivity contribution < 1.29 is 0 Å². The maximum absolute atomic E-state index is 5.23. The SMILES string of the molecule is c1ccc(-c2nc(-c3ccc4sc5ccccc5c4c3)nc(N(c3ccccc3)c3cccc4c3sc3ccccc34)n2)cc1. The predicted octanol–water partition coefficient (Wildman–Crippen LogP) is 11.4. The zero-order valence-corrected chi connectivity index (χ0v) is 25.6. The largest absolute Gasteiger partial charge is 0.278 e. The summed E-state index contributed by atoms with van der Waals surface area (Å²) in [5, 5.41) is 4.94. The summed E-state index contributed by atoms with van der Waals surface area (Å²) in [6, 6.07) is 50.7. The van der Waals surface area contributed by atoms with E-state index in [0.29, 0.717) is 17.6 Å². The van der Waals surface area contributed by atoms with Gasteiger partial charge in [-0.25, -0.2) is 4.98 Å². The molecule has 6 heteroatoms. The molecule has 0 aliphatic rings. The first kappa shape index (κ1) is 26.0. The number of thiophene rings is 2. The van der Waals surface area contributed by atoms with Crippen molar-refractivity contribution in [1.29, 1.82) is 0 Å². The maximum Gasteiger partial charge on any atom is 0.238 e. The van der Waals surface area contributed by atoms with E-state index < -0.39 is 0 Å². The average Bonchev–Trinajstić information content (AvgIpc) is 3.68. The highest BCUT2D eigenvalue weighted by atomic mass is 32.1. The Labute approximate surface area is 267 Å². The number of para-hydroxylation sites is 1. The molecule has 0 aliphatic heterocycles. The number of anilines is 3. The van der Waals surface area contributed by atoms with Crippen LogP contribution < -0.4 is 4.90 Å². The van der Waals surface area contributed by atoms with Crippen LogP contribution in [-0.4, -0.2) is 15.0 Å². The van der Waals surface area contributed by atoms with Crippen LogP contribution in [0, 0.1) is 0 Å². The van der Waals surface area contributed by atoms with E-state index in [-0.39, 0.29) is 0 Å². The molecule has 3 aromatic heterocycles. The topological polar surface area (TPSA) is 41.9 Å². The second kappa shape index (κ2) is 10.6. The zero-order valence-electron chi connectivity index (χ0n) is 24.0. The molecular formula is C39H24N4S2. The highest BCUT2D eigenvalue weighted by Crippen LogP contribution is 2.44. The predicted molar refractivity (Wildman–Crippen MR) is 191 cm³/mol. The van der Waals surface area contributed by atoms with Crippen molar-refractivity contribution in [3.05, 3.63) is 146 Å². The van der Waals surface area contributed by atoms with Crippen molar-refractivity contribution in [3.63, 3.8) is 0 Å². The van der Waals surface area contributed by atoms with Gasteiger partial charge in [-0.3, -0.25) is 4.90 Å². The van der Waals surface area contributed by atoms with Gasteiger partial charge in [-0.1, -0.05) is 97.1 Å². The quantitative estimate of drug-likeness (QED) is 0.194.